The van der Waals surface area contributed by atoms with Gasteiger partial charge in [0.25, 0.3) is 5.56 Å². The molecule has 7 heteroatoms. The van der Waals surface area contributed by atoms with Crippen LogP contribution in [0.5, 0.6) is 0 Å². The summed E-state index contributed by atoms with van der Waals surface area (Å²) in [5, 5.41) is 1.45. The van der Waals surface area contributed by atoms with Gasteiger partial charge in [-0.15, -0.1) is 4.72 Å². The first kappa shape index (κ1) is 21.6. The lowest BCUT2D eigenvalue weighted by atomic mass is 10.0. The van der Waals surface area contributed by atoms with Crippen molar-refractivity contribution in [2.24, 2.45) is 7.05 Å². The van der Waals surface area contributed by atoms with Gasteiger partial charge in [0.1, 0.15) is 22.4 Å². The maximum absolute atomic E-state index is 13.3. The maximum Gasteiger partial charge on any atom is 0.261 e. The number of para-hydroxylation sites is 1. The zero-order chi connectivity index (χ0) is 22.5. The molecule has 0 unspecified atom stereocenters. The van der Waals surface area contributed by atoms with E-state index in [9.17, 15) is 9.35 Å². The molecule has 2 aromatic carbocycles. The second-order valence-electron chi connectivity index (χ2n) is 8.92. The monoisotopic (exact) mass is 437 g/mol. The molecule has 0 saturated carbocycles. The number of nitrogens with one attached hydrogen (secondary N) is 1. The number of hydrogen-bond acceptors (Lipinski definition) is 5. The fourth-order valence-corrected chi connectivity index (χ4v) is 4.48. The Morgan fingerprint density at radius 3 is 2.61 bits per heavy atom. The normalized spacial score (nSPS) is 14.3. The Morgan fingerprint density at radius 1 is 1.19 bits per heavy atom. The highest BCUT2D eigenvalue weighted by atomic mass is 32.2. The largest absolute Gasteiger partial charge is 0.598 e. The Hall–Kier alpha value is -2.61. The van der Waals surface area contributed by atoms with Crippen LogP contribution in [0.1, 0.15) is 44.9 Å². The Morgan fingerprint density at radius 2 is 1.90 bits per heavy atom. The van der Waals surface area contributed by atoms with Crippen LogP contribution in [0.4, 0.5) is 0 Å². The number of benzene rings is 2. The zero-order valence-corrected chi connectivity index (χ0v) is 19.5. The summed E-state index contributed by atoms with van der Waals surface area (Å²) in [7, 11) is 1.73. The van der Waals surface area contributed by atoms with Gasteiger partial charge in [-0.2, -0.15) is 0 Å². The summed E-state index contributed by atoms with van der Waals surface area (Å²) >= 11 is -1.26. The molecule has 2 atom stereocenters. The van der Waals surface area contributed by atoms with Crippen molar-refractivity contribution in [3.05, 3.63) is 64.1 Å². The van der Waals surface area contributed by atoms with Crippen LogP contribution in [0, 0.1) is 6.92 Å². The Balaban J connectivity index is 1.94. The molecule has 0 saturated heterocycles. The highest BCUT2D eigenvalue weighted by molar-refractivity contribution is 7.90. The molecular weight excluding hydrogens is 410 g/mol. The van der Waals surface area contributed by atoms with E-state index in [0.29, 0.717) is 16.7 Å². The third-order valence-corrected chi connectivity index (χ3v) is 7.06. The molecule has 0 aliphatic heterocycles. The smallest absolute Gasteiger partial charge is 0.261 e. The predicted molar refractivity (Wildman–Crippen MR) is 126 cm³/mol. The molecule has 0 fully saturated rings. The number of rotatable bonds is 4. The lowest BCUT2D eigenvalue weighted by Crippen LogP contribution is -2.40. The summed E-state index contributed by atoms with van der Waals surface area (Å²) in [6.07, 6.45) is 1.64. The molecule has 0 aliphatic rings. The zero-order valence-electron chi connectivity index (χ0n) is 18.6. The first-order chi connectivity index (χ1) is 14.6. The lowest BCUT2D eigenvalue weighted by molar-refractivity contribution is 0.531. The molecule has 0 bridgehead atoms. The van der Waals surface area contributed by atoms with Gasteiger partial charge in [-0.25, -0.2) is 4.98 Å². The Labute approximate surface area is 184 Å². The lowest BCUT2D eigenvalue weighted by Gasteiger charge is -2.27. The van der Waals surface area contributed by atoms with Gasteiger partial charge in [0.05, 0.1) is 22.5 Å². The topological polar surface area (TPSA) is 83.1 Å². The number of nitrogens with zero attached hydrogens (tertiary/aromatic N) is 2. The number of aromatic nitrogens is 2. The van der Waals surface area contributed by atoms with Gasteiger partial charge in [-0.1, -0.05) is 24.3 Å². The standard InChI is InChI=1S/C24H27N3O3S/c1-14-11-17(15(2)26-31(29)24(3,4)5)21-18(12-14)23(28)27(6)22(25-21)19-13-30-20-10-8-7-9-16(19)20/h7-13,15,26H,1-6H3/t15-,31-/m1/s1. The summed E-state index contributed by atoms with van der Waals surface area (Å²) in [4.78, 5) is 18.2. The molecule has 0 radical (unpaired) electrons. The van der Waals surface area contributed by atoms with Crippen LogP contribution < -0.4 is 10.3 Å². The minimum Gasteiger partial charge on any atom is -0.598 e. The minimum absolute atomic E-state index is 0.126. The second kappa shape index (κ2) is 7.82. The van der Waals surface area contributed by atoms with E-state index in [4.69, 9.17) is 9.40 Å². The van der Waals surface area contributed by atoms with Crippen molar-refractivity contribution in [3.8, 4) is 11.4 Å². The summed E-state index contributed by atoms with van der Waals surface area (Å²) in [5.74, 6) is 0.539. The third-order valence-electron chi connectivity index (χ3n) is 5.38. The fraction of sp³-hybridized carbons (Fsp3) is 0.333. The molecule has 162 valence electrons. The summed E-state index contributed by atoms with van der Waals surface area (Å²) in [5.41, 5.74) is 3.80. The van der Waals surface area contributed by atoms with E-state index in [1.807, 2.05) is 71.0 Å². The van der Waals surface area contributed by atoms with Crippen LogP contribution in [-0.2, 0) is 18.4 Å². The number of fused-ring (bicyclic) bond motifs is 2. The first-order valence-electron chi connectivity index (χ1n) is 10.2. The molecule has 4 rings (SSSR count). The summed E-state index contributed by atoms with van der Waals surface area (Å²) in [6.45, 7) is 9.67. The quantitative estimate of drug-likeness (QED) is 0.465. The SMILES string of the molecule is Cc1cc([C@@H](C)N[S@+]([O-])C(C)(C)C)c2nc(-c3coc4ccccc34)n(C)c(=O)c2c1. The van der Waals surface area contributed by atoms with E-state index in [1.54, 1.807) is 17.9 Å². The van der Waals surface area contributed by atoms with Gasteiger partial charge in [0.15, 0.2) is 0 Å². The van der Waals surface area contributed by atoms with Crippen molar-refractivity contribution in [2.45, 2.75) is 45.4 Å². The molecular formula is C24H27N3O3S. The van der Waals surface area contributed by atoms with Gasteiger partial charge in [-0.05, 0) is 52.3 Å². The average Bonchev–Trinajstić information content (AvgIpc) is 3.13. The highest BCUT2D eigenvalue weighted by Gasteiger charge is 2.29. The minimum atomic E-state index is -1.26. The van der Waals surface area contributed by atoms with Gasteiger partial charge in [0, 0.05) is 29.4 Å². The van der Waals surface area contributed by atoms with Crippen LogP contribution in [-0.4, -0.2) is 18.9 Å². The molecule has 0 amide bonds. The van der Waals surface area contributed by atoms with E-state index in [-0.39, 0.29) is 11.6 Å². The van der Waals surface area contributed by atoms with Crippen LogP contribution in [0.3, 0.4) is 0 Å². The third kappa shape index (κ3) is 3.89. The molecule has 4 aromatic rings. The summed E-state index contributed by atoms with van der Waals surface area (Å²) in [6, 6.07) is 11.3. The molecule has 6 nitrogen and oxygen atoms in total. The molecule has 2 aromatic heterocycles. The van der Waals surface area contributed by atoms with Crippen LogP contribution >= 0.6 is 0 Å². The molecule has 1 N–H and O–H groups in total. The van der Waals surface area contributed by atoms with E-state index in [2.05, 4.69) is 4.72 Å². The summed E-state index contributed by atoms with van der Waals surface area (Å²) < 4.78 is 22.7. The molecule has 0 spiro atoms. The molecule has 0 aliphatic carbocycles. The first-order valence-corrected chi connectivity index (χ1v) is 11.4. The Kier molecular flexibility index (Phi) is 5.45. The average molecular weight is 438 g/mol. The van der Waals surface area contributed by atoms with E-state index >= 15 is 0 Å². The maximum atomic E-state index is 13.3. The van der Waals surface area contributed by atoms with Gasteiger partial charge in [-0.3, -0.25) is 9.36 Å². The Bertz CT molecular complexity index is 1330. The van der Waals surface area contributed by atoms with Crippen molar-refractivity contribution < 1.29 is 8.97 Å². The van der Waals surface area contributed by atoms with Crippen LogP contribution in [0.15, 0.2) is 51.9 Å². The van der Waals surface area contributed by atoms with E-state index in [0.717, 1.165) is 27.7 Å². The molecule has 2 heterocycles. The number of aryl methyl sites for hydroxylation is 1. The number of furan rings is 1. The van der Waals surface area contributed by atoms with Gasteiger partial charge < -0.3 is 8.97 Å². The van der Waals surface area contributed by atoms with Crippen LogP contribution in [0.25, 0.3) is 33.3 Å². The fourth-order valence-electron chi connectivity index (χ4n) is 3.68. The highest BCUT2D eigenvalue weighted by Crippen LogP contribution is 2.31. The predicted octanol–water partition coefficient (Wildman–Crippen LogP) is 4.77. The molecule has 31 heavy (non-hydrogen) atoms. The van der Waals surface area contributed by atoms with Crippen molar-refractivity contribution >= 4 is 33.2 Å². The van der Waals surface area contributed by atoms with Crippen molar-refractivity contribution in [1.29, 1.82) is 0 Å². The van der Waals surface area contributed by atoms with Crippen molar-refractivity contribution in [3.63, 3.8) is 0 Å². The van der Waals surface area contributed by atoms with Gasteiger partial charge >= 0.3 is 0 Å². The second-order valence-corrected chi connectivity index (χ2v) is 10.9. The van der Waals surface area contributed by atoms with E-state index in [1.165, 1.54) is 0 Å². The van der Waals surface area contributed by atoms with E-state index < -0.39 is 16.1 Å². The van der Waals surface area contributed by atoms with Crippen LogP contribution in [0.2, 0.25) is 0 Å². The number of hydrogen-bond donors (Lipinski definition) is 1. The van der Waals surface area contributed by atoms with Crippen molar-refractivity contribution in [2.75, 3.05) is 0 Å². The van der Waals surface area contributed by atoms with Crippen molar-refractivity contribution in [1.82, 2.24) is 14.3 Å². The van der Waals surface area contributed by atoms with Gasteiger partial charge in [0.2, 0.25) is 0 Å².